The highest BCUT2D eigenvalue weighted by atomic mass is 35.5. The standard InChI is InChI=1S/C25H36ClN7O2/c1-4-19-23(26)30-25(22(29-19)24(27)34)28-17-6-7-20(21(16-17)35-5-2)33-10-8-18(9-11-33)32-14-12-31(3)13-15-32/h6-7,16,18H,4-5,8-15H2,1-3H3,(H2,27,34)(H,28,30). The molecule has 1 aromatic heterocycles. The highest BCUT2D eigenvalue weighted by Gasteiger charge is 2.28. The zero-order chi connectivity index (χ0) is 24.9. The number of nitrogens with two attached hydrogens (primary N) is 1. The first-order chi connectivity index (χ1) is 16.9. The summed E-state index contributed by atoms with van der Waals surface area (Å²) in [5.41, 5.74) is 7.96. The van der Waals surface area contributed by atoms with Crippen LogP contribution in [0.2, 0.25) is 5.15 Å². The lowest BCUT2D eigenvalue weighted by Gasteiger charge is -2.42. The molecule has 0 unspecified atom stereocenters. The van der Waals surface area contributed by atoms with Crippen LogP contribution in [-0.4, -0.2) is 84.6 Å². The molecular weight excluding hydrogens is 466 g/mol. The fraction of sp³-hybridized carbons (Fsp3) is 0.560. The number of piperazine rings is 1. The van der Waals surface area contributed by atoms with Gasteiger partial charge in [0.05, 0.1) is 18.0 Å². The molecule has 3 N–H and O–H groups in total. The van der Waals surface area contributed by atoms with Crippen molar-refractivity contribution in [2.75, 3.05) is 63.1 Å². The second-order valence-electron chi connectivity index (χ2n) is 9.17. The zero-order valence-corrected chi connectivity index (χ0v) is 21.6. The van der Waals surface area contributed by atoms with Crippen LogP contribution < -0.4 is 20.7 Å². The number of nitrogens with one attached hydrogen (secondary N) is 1. The molecule has 1 amide bonds. The van der Waals surface area contributed by atoms with E-state index in [0.717, 1.165) is 69.2 Å². The van der Waals surface area contributed by atoms with Crippen LogP contribution in [0.1, 0.15) is 42.9 Å². The van der Waals surface area contributed by atoms with E-state index >= 15 is 0 Å². The summed E-state index contributed by atoms with van der Waals surface area (Å²) in [4.78, 5) is 28.1. The Morgan fingerprint density at radius 2 is 1.86 bits per heavy atom. The molecule has 0 radical (unpaired) electrons. The molecule has 0 atom stereocenters. The lowest BCUT2D eigenvalue weighted by Crippen LogP contribution is -2.52. The van der Waals surface area contributed by atoms with Crippen molar-refractivity contribution in [3.63, 3.8) is 0 Å². The Kier molecular flexibility index (Phi) is 8.30. The quantitative estimate of drug-likeness (QED) is 0.569. The Balaban J connectivity index is 1.49. The molecule has 35 heavy (non-hydrogen) atoms. The number of aromatic nitrogens is 2. The third-order valence-corrected chi connectivity index (χ3v) is 7.17. The Morgan fingerprint density at radius 1 is 1.14 bits per heavy atom. The molecule has 9 nitrogen and oxygen atoms in total. The van der Waals surface area contributed by atoms with Crippen molar-refractivity contribution < 1.29 is 9.53 Å². The molecular formula is C25H36ClN7O2. The molecule has 2 aliphatic heterocycles. The second kappa shape index (κ2) is 11.4. The summed E-state index contributed by atoms with van der Waals surface area (Å²) in [6.07, 6.45) is 2.85. The number of anilines is 3. The molecule has 0 bridgehead atoms. The van der Waals surface area contributed by atoms with Gasteiger partial charge < -0.3 is 25.6 Å². The summed E-state index contributed by atoms with van der Waals surface area (Å²) in [5, 5.41) is 3.42. The summed E-state index contributed by atoms with van der Waals surface area (Å²) >= 11 is 6.25. The Bertz CT molecular complexity index is 1030. The molecule has 3 heterocycles. The van der Waals surface area contributed by atoms with Crippen LogP contribution in [0.4, 0.5) is 17.2 Å². The topological polar surface area (TPSA) is 99.8 Å². The molecule has 2 aromatic rings. The van der Waals surface area contributed by atoms with E-state index in [4.69, 9.17) is 22.1 Å². The summed E-state index contributed by atoms with van der Waals surface area (Å²) in [5.74, 6) is 0.375. The van der Waals surface area contributed by atoms with Crippen LogP contribution in [0.15, 0.2) is 18.2 Å². The molecule has 1 aromatic carbocycles. The van der Waals surface area contributed by atoms with Gasteiger partial charge in [0.2, 0.25) is 0 Å². The first-order valence-electron chi connectivity index (χ1n) is 12.5. The van der Waals surface area contributed by atoms with Crippen LogP contribution in [0, 0.1) is 0 Å². The predicted octanol–water partition coefficient (Wildman–Crippen LogP) is 3.15. The predicted molar refractivity (Wildman–Crippen MR) is 140 cm³/mol. The number of ether oxygens (including phenoxy) is 1. The minimum atomic E-state index is -0.656. The van der Waals surface area contributed by atoms with Gasteiger partial charge in [-0.1, -0.05) is 18.5 Å². The highest BCUT2D eigenvalue weighted by molar-refractivity contribution is 6.30. The largest absolute Gasteiger partial charge is 0.492 e. The van der Waals surface area contributed by atoms with E-state index < -0.39 is 5.91 Å². The van der Waals surface area contributed by atoms with Gasteiger partial charge in [-0.25, -0.2) is 9.97 Å². The number of primary amides is 1. The number of aryl methyl sites for hydroxylation is 1. The smallest absolute Gasteiger partial charge is 0.271 e. The van der Waals surface area contributed by atoms with Gasteiger partial charge in [-0.15, -0.1) is 0 Å². The van der Waals surface area contributed by atoms with E-state index in [1.807, 2.05) is 26.0 Å². The van der Waals surface area contributed by atoms with Crippen LogP contribution in [-0.2, 0) is 6.42 Å². The van der Waals surface area contributed by atoms with Crippen molar-refractivity contribution in [2.45, 2.75) is 39.2 Å². The minimum Gasteiger partial charge on any atom is -0.492 e. The number of rotatable bonds is 8. The van der Waals surface area contributed by atoms with E-state index in [0.29, 0.717) is 24.8 Å². The summed E-state index contributed by atoms with van der Waals surface area (Å²) in [6.45, 7) is 11.0. The normalized spacial score (nSPS) is 18.0. The van der Waals surface area contributed by atoms with Crippen molar-refractivity contribution in [2.24, 2.45) is 5.73 Å². The van der Waals surface area contributed by atoms with Crippen molar-refractivity contribution in [3.05, 3.63) is 34.7 Å². The van der Waals surface area contributed by atoms with Crippen LogP contribution in [0.5, 0.6) is 5.75 Å². The zero-order valence-electron chi connectivity index (χ0n) is 20.9. The molecule has 2 aliphatic rings. The van der Waals surface area contributed by atoms with Gasteiger partial charge >= 0.3 is 0 Å². The second-order valence-corrected chi connectivity index (χ2v) is 9.53. The fourth-order valence-electron chi connectivity index (χ4n) is 4.85. The Hall–Kier alpha value is -2.62. The maximum atomic E-state index is 12.0. The number of benzene rings is 1. The molecule has 4 rings (SSSR count). The SMILES string of the molecule is CCOc1cc(Nc2nc(Cl)c(CC)nc2C(N)=O)ccc1N1CCC(N2CCN(C)CC2)CC1. The first kappa shape index (κ1) is 25.5. The molecule has 0 spiro atoms. The van der Waals surface area contributed by atoms with Gasteiger partial charge in [0, 0.05) is 57.1 Å². The minimum absolute atomic E-state index is 0.0688. The average Bonchev–Trinajstić information content (AvgIpc) is 2.85. The van der Waals surface area contributed by atoms with Crippen molar-refractivity contribution in [1.29, 1.82) is 0 Å². The van der Waals surface area contributed by atoms with Crippen molar-refractivity contribution in [1.82, 2.24) is 19.8 Å². The summed E-state index contributed by atoms with van der Waals surface area (Å²) in [6, 6.07) is 6.60. The van der Waals surface area contributed by atoms with Crippen LogP contribution in [0.3, 0.4) is 0 Å². The Labute approximate surface area is 212 Å². The number of hydrogen-bond donors (Lipinski definition) is 2. The van der Waals surface area contributed by atoms with Crippen LogP contribution in [0.25, 0.3) is 0 Å². The lowest BCUT2D eigenvalue weighted by atomic mass is 10.0. The average molecular weight is 502 g/mol. The van der Waals surface area contributed by atoms with Gasteiger partial charge in [-0.3, -0.25) is 9.69 Å². The molecule has 190 valence electrons. The summed E-state index contributed by atoms with van der Waals surface area (Å²) in [7, 11) is 2.20. The van der Waals surface area contributed by atoms with Gasteiger partial charge in [-0.05, 0) is 45.4 Å². The van der Waals surface area contributed by atoms with Crippen molar-refractivity contribution >= 4 is 34.7 Å². The van der Waals surface area contributed by atoms with Gasteiger partial charge in [0.15, 0.2) is 16.7 Å². The lowest BCUT2D eigenvalue weighted by molar-refractivity contribution is 0.0981. The van der Waals surface area contributed by atoms with E-state index in [-0.39, 0.29) is 16.7 Å². The molecule has 0 saturated carbocycles. The third-order valence-electron chi connectivity index (χ3n) is 6.87. The number of nitrogens with zero attached hydrogens (tertiary/aromatic N) is 5. The monoisotopic (exact) mass is 501 g/mol. The molecule has 2 fully saturated rings. The summed E-state index contributed by atoms with van der Waals surface area (Å²) < 4.78 is 6.01. The van der Waals surface area contributed by atoms with Gasteiger partial charge in [0.1, 0.15) is 5.75 Å². The van der Waals surface area contributed by atoms with E-state index in [1.165, 1.54) is 0 Å². The van der Waals surface area contributed by atoms with Crippen LogP contribution >= 0.6 is 11.6 Å². The van der Waals surface area contributed by atoms with Gasteiger partial charge in [-0.2, -0.15) is 0 Å². The third kappa shape index (κ3) is 5.97. The molecule has 2 saturated heterocycles. The first-order valence-corrected chi connectivity index (χ1v) is 12.8. The van der Waals surface area contributed by atoms with Gasteiger partial charge in [0.25, 0.3) is 5.91 Å². The number of amides is 1. The van der Waals surface area contributed by atoms with E-state index in [9.17, 15) is 4.79 Å². The number of hydrogen-bond acceptors (Lipinski definition) is 8. The fourth-order valence-corrected chi connectivity index (χ4v) is 5.11. The number of halogens is 1. The maximum absolute atomic E-state index is 12.0. The van der Waals surface area contributed by atoms with Crippen molar-refractivity contribution in [3.8, 4) is 5.75 Å². The molecule has 0 aliphatic carbocycles. The number of piperidine rings is 1. The van der Waals surface area contributed by atoms with E-state index in [1.54, 1.807) is 0 Å². The van der Waals surface area contributed by atoms with E-state index in [2.05, 4.69) is 43.1 Å². The maximum Gasteiger partial charge on any atom is 0.271 e. The number of carbonyl (C=O) groups excluding carboxylic acids is 1. The number of likely N-dealkylation sites (N-methyl/N-ethyl adjacent to an activating group) is 1. The number of carbonyl (C=O) groups is 1. The Morgan fingerprint density at radius 3 is 2.49 bits per heavy atom. The highest BCUT2D eigenvalue weighted by Crippen LogP contribution is 2.35. The molecule has 10 heteroatoms.